The van der Waals surface area contributed by atoms with Crippen LogP contribution >= 0.6 is 0 Å². The molecule has 0 aliphatic carbocycles. The molecule has 0 fully saturated rings. The molecule has 2 heterocycles. The van der Waals surface area contributed by atoms with Crippen molar-refractivity contribution >= 4 is 48.1 Å². The van der Waals surface area contributed by atoms with E-state index in [1.165, 1.54) is 27.5 Å². The minimum Gasteiger partial charge on any atom is -0.432 e. The van der Waals surface area contributed by atoms with Crippen molar-refractivity contribution in [2.75, 3.05) is 0 Å². The summed E-state index contributed by atoms with van der Waals surface area (Å²) < 4.78 is 9.28. The Labute approximate surface area is 158 Å². The first-order chi connectivity index (χ1) is 12.8. The van der Waals surface area contributed by atoms with Gasteiger partial charge >= 0.3 is 0 Å². The van der Waals surface area contributed by atoms with Crippen LogP contribution in [0.2, 0.25) is 0 Å². The summed E-state index contributed by atoms with van der Waals surface area (Å²) in [6.07, 6.45) is 0. The first kappa shape index (κ1) is 17.2. The second-order valence-corrected chi connectivity index (χ2v) is 15.1. The van der Waals surface area contributed by atoms with Gasteiger partial charge in [0.25, 0.3) is 0 Å². The quantitative estimate of drug-likeness (QED) is 0.285. The number of aromatic nitrogens is 1. The highest BCUT2D eigenvalue weighted by Gasteiger charge is 2.10. The number of fused-ring (bicyclic) bond motifs is 2. The molecule has 0 atom stereocenters. The molecule has 0 N–H and O–H groups in total. The highest BCUT2D eigenvalue weighted by atomic mass is 29.4. The van der Waals surface area contributed by atoms with E-state index in [4.69, 9.17) is 4.98 Å². The third-order valence-electron chi connectivity index (χ3n) is 4.28. The fourth-order valence-corrected chi connectivity index (χ4v) is 8.22. The summed E-state index contributed by atoms with van der Waals surface area (Å²) in [5.41, 5.74) is 5.88. The van der Waals surface area contributed by atoms with Gasteiger partial charge in [0, 0.05) is 24.5 Å². The lowest BCUT2D eigenvalue weighted by molar-refractivity contribution is -0.0861. The average Bonchev–Trinajstić information content (AvgIpc) is 3.27. The van der Waals surface area contributed by atoms with Gasteiger partial charge in [0.15, 0.2) is 0 Å². The molecule has 1 aromatic heterocycles. The van der Waals surface area contributed by atoms with E-state index in [1.54, 1.807) is 0 Å². The maximum absolute atomic E-state index is 4.80. The molecule has 0 saturated heterocycles. The molecular weight excluding hydrogens is 370 g/mol. The zero-order valence-electron chi connectivity index (χ0n) is 14.6. The standard InChI is InChI=1S/C20H15N.H4O2Si3/c1-14-11-12-19-17(13-14)20(15-7-3-2-4-8-15)16-9-5-6-10-18(16)21-19;1-2-4-5-3-1/h2-13H,1H3;3,5H,4H2. The monoisotopic (exact) mass is 389 g/mol. The maximum Gasteiger partial charge on any atom is 0.236 e. The van der Waals surface area contributed by atoms with Crippen LogP contribution in [0.25, 0.3) is 32.9 Å². The van der Waals surface area contributed by atoms with Crippen LogP contribution in [0, 0.1) is 6.92 Å². The Morgan fingerprint density at radius 1 is 0.846 bits per heavy atom. The Hall–Kier alpha value is -2.26. The Kier molecular flexibility index (Phi) is 5.26. The van der Waals surface area contributed by atoms with Crippen LogP contribution in [0.5, 0.6) is 0 Å². The van der Waals surface area contributed by atoms with Gasteiger partial charge in [-0.3, -0.25) is 4.58 Å². The zero-order chi connectivity index (χ0) is 17.8. The molecule has 3 aromatic carbocycles. The van der Waals surface area contributed by atoms with Gasteiger partial charge in [-0.15, -0.1) is 0 Å². The molecule has 0 spiro atoms. The van der Waals surface area contributed by atoms with Crippen molar-refractivity contribution in [2.45, 2.75) is 6.92 Å². The molecule has 0 amide bonds. The highest BCUT2D eigenvalue weighted by Crippen LogP contribution is 2.34. The normalized spacial score (nSPS) is 13.6. The first-order valence-corrected chi connectivity index (χ1v) is 15.6. The summed E-state index contributed by atoms with van der Waals surface area (Å²) in [5.74, 6) is 0. The van der Waals surface area contributed by atoms with Crippen molar-refractivity contribution in [1.29, 1.82) is 0 Å². The molecule has 0 radical (unpaired) electrons. The van der Waals surface area contributed by atoms with E-state index in [9.17, 15) is 0 Å². The largest absolute Gasteiger partial charge is 0.432 e. The van der Waals surface area contributed by atoms with E-state index in [1.807, 2.05) is 6.07 Å². The maximum atomic E-state index is 4.80. The fourth-order valence-electron chi connectivity index (χ4n) is 3.12. The number of hydrogen-bond acceptors (Lipinski definition) is 3. The Balaban J connectivity index is 0.000000292. The predicted octanol–water partition coefficient (Wildman–Crippen LogP) is 3.01. The van der Waals surface area contributed by atoms with Gasteiger partial charge in [-0.1, -0.05) is 60.2 Å². The number of aryl methyl sites for hydroxylation is 1. The van der Waals surface area contributed by atoms with Gasteiger partial charge in [-0.2, -0.15) is 0 Å². The van der Waals surface area contributed by atoms with Crippen LogP contribution in [0.4, 0.5) is 0 Å². The minimum absolute atomic E-state index is 0.0586. The summed E-state index contributed by atoms with van der Waals surface area (Å²) >= 11 is 0. The predicted molar refractivity (Wildman–Crippen MR) is 114 cm³/mol. The third-order valence-corrected chi connectivity index (χ3v) is 10.8. The summed E-state index contributed by atoms with van der Waals surface area (Å²) in [4.78, 5) is 4.80. The zero-order valence-corrected chi connectivity index (χ0v) is 18.3. The first-order valence-electron chi connectivity index (χ1n) is 8.61. The van der Waals surface area contributed by atoms with Crippen LogP contribution in [-0.2, 0) is 9.15 Å². The van der Waals surface area contributed by atoms with Crippen molar-refractivity contribution in [2.24, 2.45) is 0 Å². The lowest BCUT2D eigenvalue weighted by Crippen LogP contribution is -1.89. The summed E-state index contributed by atoms with van der Waals surface area (Å²) in [6.45, 7) is 2.13. The van der Waals surface area contributed by atoms with Crippen molar-refractivity contribution in [3.63, 3.8) is 0 Å². The summed E-state index contributed by atoms with van der Waals surface area (Å²) in [5, 5.41) is 2.43. The van der Waals surface area contributed by atoms with Crippen LogP contribution in [0.1, 0.15) is 5.56 Å². The topological polar surface area (TPSA) is 31.4 Å². The van der Waals surface area contributed by atoms with Crippen molar-refractivity contribution in [1.82, 2.24) is 4.98 Å². The lowest BCUT2D eigenvalue weighted by Gasteiger charge is -2.11. The minimum atomic E-state index is -0.0586. The third kappa shape index (κ3) is 3.63. The number of nitrogens with zero attached hydrogens (tertiary/aromatic N) is 1. The van der Waals surface area contributed by atoms with E-state index in [-0.39, 0.29) is 9.28 Å². The number of para-hydroxylation sites is 1. The number of benzene rings is 3. The van der Waals surface area contributed by atoms with Crippen LogP contribution in [0.3, 0.4) is 0 Å². The van der Waals surface area contributed by atoms with Crippen LogP contribution < -0.4 is 0 Å². The molecule has 128 valence electrons. The molecule has 4 aromatic rings. The van der Waals surface area contributed by atoms with Gasteiger partial charge in [-0.25, -0.2) is 4.98 Å². The van der Waals surface area contributed by atoms with Crippen LogP contribution in [0.15, 0.2) is 72.8 Å². The smallest absolute Gasteiger partial charge is 0.236 e. The summed E-state index contributed by atoms with van der Waals surface area (Å²) in [7, 11) is 0.994. The molecular formula is C20H19NO2Si3. The van der Waals surface area contributed by atoms with E-state index in [0.29, 0.717) is 17.0 Å². The molecule has 0 saturated carbocycles. The fraction of sp³-hybridized carbons (Fsp3) is 0.0500. The van der Waals surface area contributed by atoms with Gasteiger partial charge in [0.1, 0.15) is 0 Å². The van der Waals surface area contributed by atoms with Gasteiger partial charge in [0.2, 0.25) is 18.1 Å². The second-order valence-electron chi connectivity index (χ2n) is 6.14. The Bertz CT molecular complexity index is 1080. The Morgan fingerprint density at radius 2 is 1.62 bits per heavy atom. The number of rotatable bonds is 1. The summed E-state index contributed by atoms with van der Waals surface area (Å²) in [6, 6.07) is 25.4. The van der Waals surface area contributed by atoms with E-state index in [2.05, 4.69) is 82.8 Å². The molecule has 5 rings (SSSR count). The number of pyridine rings is 1. The van der Waals surface area contributed by atoms with Gasteiger partial charge in [-0.05, 0) is 30.7 Å². The SMILES string of the molecule is Cc1ccc2nc3ccccc3c(-c3ccccc3)c2c1.O1O[SiH2][SiH]=[SiH]1. The molecule has 1 aliphatic rings. The molecule has 1 aliphatic heterocycles. The lowest BCUT2D eigenvalue weighted by atomic mass is 9.95. The molecule has 0 bridgehead atoms. The van der Waals surface area contributed by atoms with Gasteiger partial charge in [0.05, 0.1) is 11.0 Å². The van der Waals surface area contributed by atoms with Crippen molar-refractivity contribution in [3.05, 3.63) is 78.4 Å². The second kappa shape index (κ2) is 7.96. The van der Waals surface area contributed by atoms with E-state index in [0.717, 1.165) is 11.0 Å². The molecule has 6 heteroatoms. The van der Waals surface area contributed by atoms with Crippen molar-refractivity contribution < 1.29 is 9.15 Å². The van der Waals surface area contributed by atoms with Crippen LogP contribution in [-0.4, -0.2) is 31.3 Å². The molecule has 3 nitrogen and oxygen atoms in total. The average molecular weight is 390 g/mol. The van der Waals surface area contributed by atoms with E-state index >= 15 is 0 Å². The molecule has 26 heavy (non-hydrogen) atoms. The number of hydrogen-bond donors (Lipinski definition) is 0. The van der Waals surface area contributed by atoms with Crippen molar-refractivity contribution in [3.8, 4) is 11.1 Å². The molecule has 0 unspecified atom stereocenters. The van der Waals surface area contributed by atoms with Gasteiger partial charge < -0.3 is 4.58 Å². The van der Waals surface area contributed by atoms with E-state index < -0.39 is 0 Å². The Morgan fingerprint density at radius 3 is 2.35 bits per heavy atom. The highest BCUT2D eigenvalue weighted by molar-refractivity contribution is 7.08.